The maximum absolute atomic E-state index is 12.2. The van der Waals surface area contributed by atoms with Gasteiger partial charge in [-0.05, 0) is 72.4 Å². The number of aromatic carboxylic acids is 1. The highest BCUT2D eigenvalue weighted by Gasteiger charge is 2.22. The van der Waals surface area contributed by atoms with E-state index in [1.807, 2.05) is 39.8 Å². The van der Waals surface area contributed by atoms with Crippen LogP contribution in [0.4, 0.5) is 0 Å². The molecule has 0 radical (unpaired) electrons. The molecule has 4 nitrogen and oxygen atoms in total. The minimum atomic E-state index is -0.871. The van der Waals surface area contributed by atoms with Gasteiger partial charge in [0.1, 0.15) is 17.2 Å². The molecule has 2 aromatic carbocycles. The first kappa shape index (κ1) is 24.0. The van der Waals surface area contributed by atoms with Gasteiger partial charge in [-0.1, -0.05) is 52.0 Å². The van der Waals surface area contributed by atoms with Crippen LogP contribution in [0.5, 0.6) is 5.75 Å². The molecule has 0 aliphatic heterocycles. The quantitative estimate of drug-likeness (QED) is 0.378. The van der Waals surface area contributed by atoms with Gasteiger partial charge >= 0.3 is 5.97 Å². The molecule has 3 rings (SSSR count). The second-order valence-corrected chi connectivity index (χ2v) is 10.5. The third-order valence-corrected chi connectivity index (χ3v) is 7.04. The van der Waals surface area contributed by atoms with Crippen molar-refractivity contribution in [3.8, 4) is 5.75 Å². The third kappa shape index (κ3) is 5.77. The summed E-state index contributed by atoms with van der Waals surface area (Å²) in [6.45, 7) is 10.0. The van der Waals surface area contributed by atoms with Crippen LogP contribution in [0.25, 0.3) is 10.1 Å². The molecule has 0 saturated heterocycles. The molecule has 0 aliphatic rings. The lowest BCUT2D eigenvalue weighted by Gasteiger charge is -2.19. The number of hydrogen-bond donors (Lipinski definition) is 1. The molecule has 1 atom stereocenters. The summed E-state index contributed by atoms with van der Waals surface area (Å²) in [5.74, 6) is 0.403. The first-order chi connectivity index (χ1) is 15.1. The van der Waals surface area contributed by atoms with E-state index in [9.17, 15) is 14.7 Å². The number of carbonyl (C=O) groups is 2. The Labute approximate surface area is 194 Å². The van der Waals surface area contributed by atoms with Crippen molar-refractivity contribution in [2.24, 2.45) is 5.41 Å². The van der Waals surface area contributed by atoms with Gasteiger partial charge in [0.2, 0.25) is 0 Å². The van der Waals surface area contributed by atoms with Crippen molar-refractivity contribution in [2.45, 2.75) is 59.8 Å². The SMILES string of the molecule is CCC(CCc1ccc2sc(C(=O)O)cc2c1)c1ccc(OCC(=O)C(C)(C)C)c(C)c1. The zero-order valence-corrected chi connectivity index (χ0v) is 20.3. The number of fused-ring (bicyclic) bond motifs is 1. The summed E-state index contributed by atoms with van der Waals surface area (Å²) in [7, 11) is 0. The molecule has 1 unspecified atom stereocenters. The minimum absolute atomic E-state index is 0.0884. The number of benzene rings is 2. The number of Topliss-reactive ketones (excluding diaryl/α,β-unsaturated/α-hetero) is 1. The predicted octanol–water partition coefficient (Wildman–Crippen LogP) is 7.03. The largest absolute Gasteiger partial charge is 0.486 e. The summed E-state index contributed by atoms with van der Waals surface area (Å²) in [5.41, 5.74) is 3.15. The van der Waals surface area contributed by atoms with Crippen LogP contribution in [-0.4, -0.2) is 23.5 Å². The second-order valence-electron chi connectivity index (χ2n) is 9.42. The molecule has 0 saturated carbocycles. The van der Waals surface area contributed by atoms with Gasteiger partial charge in [0.15, 0.2) is 5.78 Å². The van der Waals surface area contributed by atoms with Gasteiger partial charge in [0, 0.05) is 10.1 Å². The van der Waals surface area contributed by atoms with Crippen molar-refractivity contribution in [1.29, 1.82) is 0 Å². The first-order valence-electron chi connectivity index (χ1n) is 11.1. The molecule has 32 heavy (non-hydrogen) atoms. The molecule has 0 spiro atoms. The predicted molar refractivity (Wildman–Crippen MR) is 131 cm³/mol. The van der Waals surface area contributed by atoms with Gasteiger partial charge in [0.05, 0.1) is 0 Å². The molecule has 0 aliphatic carbocycles. The minimum Gasteiger partial charge on any atom is -0.486 e. The van der Waals surface area contributed by atoms with Crippen molar-refractivity contribution in [3.63, 3.8) is 0 Å². The molecule has 1 aromatic heterocycles. The van der Waals surface area contributed by atoms with Gasteiger partial charge in [-0.2, -0.15) is 0 Å². The van der Waals surface area contributed by atoms with E-state index < -0.39 is 11.4 Å². The molecule has 5 heteroatoms. The Balaban J connectivity index is 1.66. The van der Waals surface area contributed by atoms with E-state index >= 15 is 0 Å². The number of carboxylic acids is 1. The Bertz CT molecular complexity index is 1120. The van der Waals surface area contributed by atoms with E-state index in [0.717, 1.165) is 40.7 Å². The summed E-state index contributed by atoms with van der Waals surface area (Å²) >= 11 is 1.32. The van der Waals surface area contributed by atoms with Crippen LogP contribution < -0.4 is 4.74 Å². The maximum atomic E-state index is 12.2. The average molecular weight is 453 g/mol. The van der Waals surface area contributed by atoms with E-state index in [2.05, 4.69) is 31.2 Å². The van der Waals surface area contributed by atoms with Crippen LogP contribution in [0, 0.1) is 12.3 Å². The lowest BCUT2D eigenvalue weighted by atomic mass is 9.89. The number of aryl methyl sites for hydroxylation is 2. The molecule has 0 fully saturated rings. The van der Waals surface area contributed by atoms with E-state index in [1.165, 1.54) is 22.5 Å². The van der Waals surface area contributed by atoms with Crippen molar-refractivity contribution >= 4 is 33.2 Å². The summed E-state index contributed by atoms with van der Waals surface area (Å²) in [4.78, 5) is 23.8. The molecule has 0 bridgehead atoms. The van der Waals surface area contributed by atoms with Crippen molar-refractivity contribution in [3.05, 3.63) is 64.0 Å². The lowest BCUT2D eigenvalue weighted by molar-refractivity contribution is -0.128. The average Bonchev–Trinajstić information content (AvgIpc) is 3.16. The highest BCUT2D eigenvalue weighted by atomic mass is 32.1. The fraction of sp³-hybridized carbons (Fsp3) is 0.407. The van der Waals surface area contributed by atoms with Crippen LogP contribution in [0.15, 0.2) is 42.5 Å². The van der Waals surface area contributed by atoms with Gasteiger partial charge < -0.3 is 9.84 Å². The Morgan fingerprint density at radius 1 is 1.09 bits per heavy atom. The molecule has 1 N–H and O–H groups in total. The van der Waals surface area contributed by atoms with E-state index in [4.69, 9.17) is 4.74 Å². The third-order valence-electron chi connectivity index (χ3n) is 5.93. The van der Waals surface area contributed by atoms with Crippen molar-refractivity contribution in [1.82, 2.24) is 0 Å². The fourth-order valence-corrected chi connectivity index (χ4v) is 4.63. The first-order valence-corrected chi connectivity index (χ1v) is 11.9. The summed E-state index contributed by atoms with van der Waals surface area (Å²) in [6, 6.07) is 14.3. The van der Waals surface area contributed by atoms with Gasteiger partial charge in [-0.25, -0.2) is 4.79 Å². The summed E-state index contributed by atoms with van der Waals surface area (Å²) < 4.78 is 6.80. The fourth-order valence-electron chi connectivity index (χ4n) is 3.75. The van der Waals surface area contributed by atoms with Crippen LogP contribution in [0.1, 0.15) is 72.8 Å². The lowest BCUT2D eigenvalue weighted by Crippen LogP contribution is -2.26. The van der Waals surface area contributed by atoms with Gasteiger partial charge in [-0.15, -0.1) is 11.3 Å². The standard InChI is InChI=1S/C27H32O4S/c1-6-19(9-7-18-8-12-23-21(14-18)15-24(32-23)26(29)30)20-10-11-22(17(2)13-20)31-16-25(28)27(3,4)5/h8,10-15,19H,6-7,9,16H2,1-5H3,(H,29,30). The van der Waals surface area contributed by atoms with E-state index in [1.54, 1.807) is 6.07 Å². The number of ether oxygens (including phenoxy) is 1. The monoisotopic (exact) mass is 452 g/mol. The number of carbonyl (C=O) groups excluding carboxylic acids is 1. The van der Waals surface area contributed by atoms with Crippen LogP contribution in [0.3, 0.4) is 0 Å². The van der Waals surface area contributed by atoms with Crippen molar-refractivity contribution in [2.75, 3.05) is 6.61 Å². The van der Waals surface area contributed by atoms with E-state index in [0.29, 0.717) is 10.8 Å². The molecule has 170 valence electrons. The maximum Gasteiger partial charge on any atom is 0.345 e. The summed E-state index contributed by atoms with van der Waals surface area (Å²) in [6.07, 6.45) is 2.98. The topological polar surface area (TPSA) is 63.6 Å². The Morgan fingerprint density at radius 2 is 1.84 bits per heavy atom. The molecule has 0 amide bonds. The highest BCUT2D eigenvalue weighted by molar-refractivity contribution is 7.20. The number of rotatable bonds is 9. The Hall–Kier alpha value is -2.66. The summed E-state index contributed by atoms with van der Waals surface area (Å²) in [5, 5.41) is 10.2. The molecule has 1 heterocycles. The normalized spacial score (nSPS) is 12.7. The molecule has 3 aromatic rings. The Kier molecular flexibility index (Phi) is 7.40. The smallest absolute Gasteiger partial charge is 0.345 e. The number of thiophene rings is 1. The zero-order valence-electron chi connectivity index (χ0n) is 19.5. The number of carboxylic acid groups (broad SMARTS) is 1. The van der Waals surface area contributed by atoms with Gasteiger partial charge in [0.25, 0.3) is 0 Å². The molecular weight excluding hydrogens is 420 g/mol. The zero-order chi connectivity index (χ0) is 23.5. The van der Waals surface area contributed by atoms with Crippen LogP contribution in [-0.2, 0) is 11.2 Å². The highest BCUT2D eigenvalue weighted by Crippen LogP contribution is 2.31. The second kappa shape index (κ2) is 9.86. The number of ketones is 1. The van der Waals surface area contributed by atoms with Crippen LogP contribution in [0.2, 0.25) is 0 Å². The van der Waals surface area contributed by atoms with E-state index in [-0.39, 0.29) is 12.4 Å². The molecular formula is C27H32O4S. The van der Waals surface area contributed by atoms with Gasteiger partial charge in [-0.3, -0.25) is 4.79 Å². The van der Waals surface area contributed by atoms with Crippen LogP contribution >= 0.6 is 11.3 Å². The van der Waals surface area contributed by atoms with Crippen molar-refractivity contribution < 1.29 is 19.4 Å². The Morgan fingerprint density at radius 3 is 2.47 bits per heavy atom. The number of hydrogen-bond acceptors (Lipinski definition) is 4.